The second-order valence-corrected chi connectivity index (χ2v) is 4.73. The first-order valence-electron chi connectivity index (χ1n) is 6.72. The van der Waals surface area contributed by atoms with Gasteiger partial charge in [-0.25, -0.2) is 4.39 Å². The van der Waals surface area contributed by atoms with Crippen LogP contribution in [-0.4, -0.2) is 29.5 Å². The van der Waals surface area contributed by atoms with Gasteiger partial charge in [-0.15, -0.1) is 0 Å². The minimum Gasteiger partial charge on any atom is -0.508 e. The van der Waals surface area contributed by atoms with Crippen LogP contribution < -0.4 is 5.32 Å². The van der Waals surface area contributed by atoms with E-state index < -0.39 is 12.7 Å². The number of benzene rings is 2. The van der Waals surface area contributed by atoms with Crippen molar-refractivity contribution < 1.29 is 14.6 Å². The highest BCUT2D eigenvalue weighted by atomic mass is 19.1. The second-order valence-electron chi connectivity index (χ2n) is 4.73. The van der Waals surface area contributed by atoms with Crippen molar-refractivity contribution in [2.75, 3.05) is 18.6 Å². The smallest absolute Gasteiger partial charge is 0.115 e. The molecule has 0 radical (unpaired) electrons. The number of hydrogen-bond donors (Lipinski definition) is 3. The Bertz CT molecular complexity index is 575. The Balaban J connectivity index is 2.00. The Hall–Kier alpha value is -2.33. The Kier molecular flexibility index (Phi) is 5.35. The molecule has 0 aliphatic heterocycles. The summed E-state index contributed by atoms with van der Waals surface area (Å²) in [6, 6.07) is 13.9. The summed E-state index contributed by atoms with van der Waals surface area (Å²) in [4.78, 5) is 0. The Morgan fingerprint density at radius 3 is 1.95 bits per heavy atom. The third kappa shape index (κ3) is 4.61. The van der Waals surface area contributed by atoms with E-state index in [1.165, 1.54) is 0 Å². The van der Waals surface area contributed by atoms with E-state index in [0.29, 0.717) is 0 Å². The Morgan fingerprint density at radius 1 is 0.952 bits per heavy atom. The highest BCUT2D eigenvalue weighted by molar-refractivity contribution is 5.70. The van der Waals surface area contributed by atoms with Crippen molar-refractivity contribution in [3.8, 4) is 5.75 Å². The summed E-state index contributed by atoms with van der Waals surface area (Å²) in [6.07, 6.45) is 3.90. The summed E-state index contributed by atoms with van der Waals surface area (Å²) in [5.41, 5.74) is 2.77. The van der Waals surface area contributed by atoms with Crippen LogP contribution in [0.2, 0.25) is 0 Å². The number of aliphatic hydroxyl groups is 1. The van der Waals surface area contributed by atoms with E-state index >= 15 is 0 Å². The molecule has 0 aliphatic carbocycles. The van der Waals surface area contributed by atoms with E-state index in [2.05, 4.69) is 5.32 Å². The van der Waals surface area contributed by atoms with Crippen LogP contribution in [0.15, 0.2) is 48.5 Å². The first-order chi connectivity index (χ1) is 10.2. The highest BCUT2D eigenvalue weighted by Gasteiger charge is 2.05. The van der Waals surface area contributed by atoms with Crippen LogP contribution in [0, 0.1) is 0 Å². The lowest BCUT2D eigenvalue weighted by molar-refractivity contribution is 0.252. The molecule has 3 N–H and O–H groups in total. The van der Waals surface area contributed by atoms with Crippen molar-refractivity contribution in [1.29, 1.82) is 0 Å². The number of alkyl halides is 1. The fourth-order valence-electron chi connectivity index (χ4n) is 1.84. The molecule has 2 rings (SSSR count). The summed E-state index contributed by atoms with van der Waals surface area (Å²) < 4.78 is 12.5. The molecule has 0 spiro atoms. The van der Waals surface area contributed by atoms with Crippen molar-refractivity contribution in [3.05, 3.63) is 59.7 Å². The van der Waals surface area contributed by atoms with Crippen molar-refractivity contribution in [1.82, 2.24) is 0 Å². The highest BCUT2D eigenvalue weighted by Crippen LogP contribution is 2.15. The molecular weight excluding hydrogens is 269 g/mol. The van der Waals surface area contributed by atoms with Crippen LogP contribution in [0.1, 0.15) is 11.1 Å². The molecule has 4 heteroatoms. The molecule has 0 saturated carbocycles. The van der Waals surface area contributed by atoms with Gasteiger partial charge in [0.1, 0.15) is 12.4 Å². The number of phenolic OH excluding ortho intramolecular Hbond substituents is 1. The van der Waals surface area contributed by atoms with Gasteiger partial charge in [-0.2, -0.15) is 0 Å². The molecule has 21 heavy (non-hydrogen) atoms. The van der Waals surface area contributed by atoms with Gasteiger partial charge in [0.15, 0.2) is 0 Å². The van der Waals surface area contributed by atoms with E-state index in [1.807, 2.05) is 48.6 Å². The van der Waals surface area contributed by atoms with E-state index in [4.69, 9.17) is 5.11 Å². The lowest BCUT2D eigenvalue weighted by Gasteiger charge is -2.13. The Labute approximate surface area is 123 Å². The molecule has 0 saturated heterocycles. The molecule has 0 bridgehead atoms. The normalized spacial score (nSPS) is 12.5. The summed E-state index contributed by atoms with van der Waals surface area (Å²) in [6.45, 7) is -0.849. The van der Waals surface area contributed by atoms with Crippen LogP contribution in [0.25, 0.3) is 12.2 Å². The summed E-state index contributed by atoms with van der Waals surface area (Å²) in [7, 11) is 0. The second kappa shape index (κ2) is 7.45. The predicted octanol–water partition coefficient (Wildman–Crippen LogP) is 3.30. The average molecular weight is 287 g/mol. The van der Waals surface area contributed by atoms with Crippen molar-refractivity contribution in [3.63, 3.8) is 0 Å². The third-order valence-electron chi connectivity index (χ3n) is 3.05. The first-order valence-corrected chi connectivity index (χ1v) is 6.72. The van der Waals surface area contributed by atoms with Gasteiger partial charge in [0.2, 0.25) is 0 Å². The van der Waals surface area contributed by atoms with Gasteiger partial charge in [0.25, 0.3) is 0 Å². The zero-order valence-corrected chi connectivity index (χ0v) is 11.5. The van der Waals surface area contributed by atoms with Gasteiger partial charge in [0, 0.05) is 5.69 Å². The van der Waals surface area contributed by atoms with Crippen LogP contribution in [0.5, 0.6) is 5.75 Å². The molecule has 0 aliphatic rings. The molecule has 0 heterocycles. The van der Waals surface area contributed by atoms with Crippen LogP contribution in [0.3, 0.4) is 0 Å². The zero-order chi connectivity index (χ0) is 15.1. The SMILES string of the molecule is OCC(CF)Nc1ccc(/C=C/c2ccc(O)cc2)cc1. The van der Waals surface area contributed by atoms with Crippen LogP contribution in [0.4, 0.5) is 10.1 Å². The maximum atomic E-state index is 12.5. The lowest BCUT2D eigenvalue weighted by Crippen LogP contribution is -2.25. The van der Waals surface area contributed by atoms with E-state index in [0.717, 1.165) is 16.8 Å². The number of rotatable bonds is 6. The summed E-state index contributed by atoms with van der Waals surface area (Å²) in [5.74, 6) is 0.244. The van der Waals surface area contributed by atoms with E-state index in [-0.39, 0.29) is 12.4 Å². The maximum absolute atomic E-state index is 12.5. The minimum absolute atomic E-state index is 0.237. The van der Waals surface area contributed by atoms with Gasteiger partial charge < -0.3 is 15.5 Å². The lowest BCUT2D eigenvalue weighted by atomic mass is 10.1. The quantitative estimate of drug-likeness (QED) is 0.714. The maximum Gasteiger partial charge on any atom is 0.115 e. The molecule has 2 aromatic carbocycles. The van der Waals surface area contributed by atoms with Gasteiger partial charge in [-0.05, 0) is 35.4 Å². The average Bonchev–Trinajstić information content (AvgIpc) is 2.53. The molecule has 2 aromatic rings. The van der Waals surface area contributed by atoms with Crippen molar-refractivity contribution >= 4 is 17.8 Å². The number of halogens is 1. The fraction of sp³-hybridized carbons (Fsp3) is 0.176. The monoisotopic (exact) mass is 287 g/mol. The number of hydrogen-bond acceptors (Lipinski definition) is 3. The Morgan fingerprint density at radius 2 is 1.48 bits per heavy atom. The standard InChI is InChI=1S/C17H18FNO2/c18-11-16(12-20)19-15-7-3-13(4-8-15)1-2-14-5-9-17(21)10-6-14/h1-10,16,19-21H,11-12H2/b2-1+. The topological polar surface area (TPSA) is 52.5 Å². The molecule has 110 valence electrons. The van der Waals surface area contributed by atoms with Gasteiger partial charge in [0.05, 0.1) is 12.6 Å². The van der Waals surface area contributed by atoms with Gasteiger partial charge in [-0.1, -0.05) is 36.4 Å². The van der Waals surface area contributed by atoms with Crippen LogP contribution >= 0.6 is 0 Å². The molecule has 0 amide bonds. The number of aliphatic hydroxyl groups excluding tert-OH is 1. The largest absolute Gasteiger partial charge is 0.508 e. The zero-order valence-electron chi connectivity index (χ0n) is 11.5. The molecule has 3 nitrogen and oxygen atoms in total. The summed E-state index contributed by atoms with van der Waals surface area (Å²) in [5, 5.41) is 21.1. The number of phenols is 1. The first kappa shape index (κ1) is 15.1. The minimum atomic E-state index is -0.612. The molecule has 0 fully saturated rings. The third-order valence-corrected chi connectivity index (χ3v) is 3.05. The number of anilines is 1. The summed E-state index contributed by atoms with van der Waals surface area (Å²) >= 11 is 0. The van der Waals surface area contributed by atoms with E-state index in [1.54, 1.807) is 12.1 Å². The molecule has 0 aromatic heterocycles. The van der Waals surface area contributed by atoms with E-state index in [9.17, 15) is 9.50 Å². The van der Waals surface area contributed by atoms with Gasteiger partial charge in [-0.3, -0.25) is 0 Å². The van der Waals surface area contributed by atoms with Crippen LogP contribution in [-0.2, 0) is 0 Å². The van der Waals surface area contributed by atoms with Crippen molar-refractivity contribution in [2.45, 2.75) is 6.04 Å². The molecule has 1 atom stereocenters. The molecule has 1 unspecified atom stereocenters. The number of aromatic hydroxyl groups is 1. The fourth-order valence-corrected chi connectivity index (χ4v) is 1.84. The molecular formula is C17H18FNO2. The predicted molar refractivity (Wildman–Crippen MR) is 83.9 cm³/mol. The van der Waals surface area contributed by atoms with Crippen molar-refractivity contribution in [2.24, 2.45) is 0 Å². The number of nitrogens with one attached hydrogen (secondary N) is 1. The van der Waals surface area contributed by atoms with Gasteiger partial charge >= 0.3 is 0 Å².